The highest BCUT2D eigenvalue weighted by atomic mass is 16.5. The van der Waals surface area contributed by atoms with Crippen LogP contribution in [0.1, 0.15) is 29.3 Å². The highest BCUT2D eigenvalue weighted by Crippen LogP contribution is 2.22. The average Bonchev–Trinajstić information content (AvgIpc) is 2.41. The second-order valence-corrected chi connectivity index (χ2v) is 4.22. The maximum Gasteiger partial charge on any atom is 0.162 e. The Morgan fingerprint density at radius 1 is 1.06 bits per heavy atom. The van der Waals surface area contributed by atoms with Crippen LogP contribution in [0.3, 0.4) is 0 Å². The van der Waals surface area contributed by atoms with Crippen molar-refractivity contribution >= 4 is 5.78 Å². The summed E-state index contributed by atoms with van der Waals surface area (Å²) in [7, 11) is 0. The fourth-order valence-electron chi connectivity index (χ4n) is 1.68. The first kappa shape index (κ1) is 12.4. The van der Waals surface area contributed by atoms with Gasteiger partial charge in [-0.3, -0.25) is 4.79 Å². The van der Waals surface area contributed by atoms with E-state index in [9.17, 15) is 4.79 Å². The van der Waals surface area contributed by atoms with Crippen molar-refractivity contribution in [3.05, 3.63) is 59.7 Å². The molecule has 0 fully saturated rings. The fraction of sp³-hybridized carbons (Fsp3) is 0.188. The average molecular weight is 240 g/mol. The lowest BCUT2D eigenvalue weighted by atomic mass is 10.1. The second-order valence-electron chi connectivity index (χ2n) is 4.22. The number of carbonyl (C=O) groups is 1. The molecule has 0 bridgehead atoms. The van der Waals surface area contributed by atoms with Gasteiger partial charge in [-0.25, -0.2) is 0 Å². The van der Waals surface area contributed by atoms with Crippen molar-refractivity contribution in [2.24, 2.45) is 0 Å². The predicted molar refractivity (Wildman–Crippen MR) is 72.3 cm³/mol. The van der Waals surface area contributed by atoms with Crippen molar-refractivity contribution in [1.82, 2.24) is 0 Å². The first-order valence-corrected chi connectivity index (χ1v) is 6.07. The van der Waals surface area contributed by atoms with Gasteiger partial charge in [-0.2, -0.15) is 0 Å². The van der Waals surface area contributed by atoms with Gasteiger partial charge in [0.05, 0.1) is 0 Å². The van der Waals surface area contributed by atoms with Crippen LogP contribution in [0.25, 0.3) is 0 Å². The quantitative estimate of drug-likeness (QED) is 0.741. The number of ketones is 1. The number of carbonyl (C=O) groups excluding carboxylic acids is 1. The number of aryl methyl sites for hydroxylation is 1. The third-order valence-corrected chi connectivity index (χ3v) is 2.73. The van der Waals surface area contributed by atoms with Crippen LogP contribution in [0.15, 0.2) is 48.5 Å². The molecule has 0 aliphatic rings. The van der Waals surface area contributed by atoms with E-state index in [1.807, 2.05) is 56.3 Å². The van der Waals surface area contributed by atoms with Crippen molar-refractivity contribution in [2.45, 2.75) is 20.3 Å². The van der Waals surface area contributed by atoms with Crippen molar-refractivity contribution in [2.75, 3.05) is 0 Å². The molecule has 0 N–H and O–H groups in total. The summed E-state index contributed by atoms with van der Waals surface area (Å²) in [5.41, 5.74) is 1.89. The molecule has 2 heteroatoms. The fourth-order valence-corrected chi connectivity index (χ4v) is 1.68. The van der Waals surface area contributed by atoms with E-state index in [1.165, 1.54) is 5.56 Å². The number of benzene rings is 2. The standard InChI is InChI=1S/C16H16O2/c1-3-16(17)13-5-4-6-15(11-13)18-14-9-7-12(2)8-10-14/h4-11H,3H2,1-2H3. The Labute approximate surface area is 107 Å². The van der Waals surface area contributed by atoms with Gasteiger partial charge >= 0.3 is 0 Å². The van der Waals surface area contributed by atoms with Crippen LogP contribution in [0, 0.1) is 6.92 Å². The molecule has 0 amide bonds. The Morgan fingerprint density at radius 2 is 1.78 bits per heavy atom. The minimum Gasteiger partial charge on any atom is -0.457 e. The normalized spacial score (nSPS) is 10.1. The summed E-state index contributed by atoms with van der Waals surface area (Å²) in [6.45, 7) is 3.89. The van der Waals surface area contributed by atoms with Crippen LogP contribution >= 0.6 is 0 Å². The Morgan fingerprint density at radius 3 is 2.44 bits per heavy atom. The monoisotopic (exact) mass is 240 g/mol. The molecule has 0 spiro atoms. The van der Waals surface area contributed by atoms with Crippen molar-refractivity contribution < 1.29 is 9.53 Å². The Hall–Kier alpha value is -2.09. The Balaban J connectivity index is 2.19. The zero-order valence-corrected chi connectivity index (χ0v) is 10.6. The van der Waals surface area contributed by atoms with E-state index in [-0.39, 0.29) is 5.78 Å². The van der Waals surface area contributed by atoms with E-state index in [0.717, 1.165) is 5.75 Å². The highest BCUT2D eigenvalue weighted by molar-refractivity contribution is 5.96. The van der Waals surface area contributed by atoms with Gasteiger partial charge in [0.1, 0.15) is 11.5 Å². The number of ether oxygens (including phenoxy) is 1. The van der Waals surface area contributed by atoms with Gasteiger partial charge in [-0.1, -0.05) is 36.8 Å². The van der Waals surface area contributed by atoms with Gasteiger partial charge in [0.15, 0.2) is 5.78 Å². The molecule has 0 aliphatic heterocycles. The van der Waals surface area contributed by atoms with Crippen molar-refractivity contribution in [3.63, 3.8) is 0 Å². The van der Waals surface area contributed by atoms with Gasteiger partial charge in [0.25, 0.3) is 0 Å². The number of hydrogen-bond acceptors (Lipinski definition) is 2. The third-order valence-electron chi connectivity index (χ3n) is 2.73. The van der Waals surface area contributed by atoms with E-state index < -0.39 is 0 Å². The topological polar surface area (TPSA) is 26.3 Å². The number of hydrogen-bond donors (Lipinski definition) is 0. The summed E-state index contributed by atoms with van der Waals surface area (Å²) in [6, 6.07) is 15.1. The molecule has 92 valence electrons. The smallest absolute Gasteiger partial charge is 0.162 e. The zero-order valence-electron chi connectivity index (χ0n) is 10.6. The van der Waals surface area contributed by atoms with Gasteiger partial charge in [0, 0.05) is 12.0 Å². The van der Waals surface area contributed by atoms with Gasteiger partial charge in [0.2, 0.25) is 0 Å². The maximum absolute atomic E-state index is 11.6. The maximum atomic E-state index is 11.6. The van der Waals surface area contributed by atoms with Crippen molar-refractivity contribution in [1.29, 1.82) is 0 Å². The summed E-state index contributed by atoms with van der Waals surface area (Å²) in [5, 5.41) is 0. The van der Waals surface area contributed by atoms with Crippen LogP contribution in [0.2, 0.25) is 0 Å². The lowest BCUT2D eigenvalue weighted by molar-refractivity contribution is 0.0988. The molecule has 2 rings (SSSR count). The molecule has 18 heavy (non-hydrogen) atoms. The SMILES string of the molecule is CCC(=O)c1cccc(Oc2ccc(C)cc2)c1. The lowest BCUT2D eigenvalue weighted by Gasteiger charge is -2.07. The van der Waals surface area contributed by atoms with Crippen LogP contribution in [-0.4, -0.2) is 5.78 Å². The first-order chi connectivity index (χ1) is 8.69. The summed E-state index contributed by atoms with van der Waals surface area (Å²) in [6.07, 6.45) is 0.508. The zero-order chi connectivity index (χ0) is 13.0. The molecule has 0 saturated heterocycles. The first-order valence-electron chi connectivity index (χ1n) is 6.07. The molecule has 0 aromatic heterocycles. The van der Waals surface area contributed by atoms with E-state index in [2.05, 4.69) is 0 Å². The third kappa shape index (κ3) is 2.98. The van der Waals surface area contributed by atoms with Crippen LogP contribution in [-0.2, 0) is 0 Å². The molecule has 2 aromatic carbocycles. The molecule has 0 saturated carbocycles. The van der Waals surface area contributed by atoms with Crippen LogP contribution in [0.4, 0.5) is 0 Å². The van der Waals surface area contributed by atoms with E-state index >= 15 is 0 Å². The minimum absolute atomic E-state index is 0.129. The van der Waals surface area contributed by atoms with Crippen molar-refractivity contribution in [3.8, 4) is 11.5 Å². The van der Waals surface area contributed by atoms with E-state index in [1.54, 1.807) is 6.07 Å². The largest absolute Gasteiger partial charge is 0.457 e. The molecular formula is C16H16O2. The summed E-state index contributed by atoms with van der Waals surface area (Å²) >= 11 is 0. The molecule has 0 atom stereocenters. The number of Topliss-reactive ketones (excluding diaryl/α,β-unsaturated/α-hetero) is 1. The van der Waals surface area contributed by atoms with Gasteiger partial charge < -0.3 is 4.74 Å². The second kappa shape index (κ2) is 5.50. The molecule has 0 heterocycles. The molecule has 0 aliphatic carbocycles. The Kier molecular flexibility index (Phi) is 3.78. The molecule has 2 aromatic rings. The highest BCUT2D eigenvalue weighted by Gasteiger charge is 2.04. The summed E-state index contributed by atoms with van der Waals surface area (Å²) in [5.74, 6) is 1.60. The van der Waals surface area contributed by atoms with Gasteiger partial charge in [-0.15, -0.1) is 0 Å². The Bertz CT molecular complexity index is 541. The lowest BCUT2D eigenvalue weighted by Crippen LogP contribution is -1.96. The molecule has 0 radical (unpaired) electrons. The van der Waals surface area contributed by atoms with Gasteiger partial charge in [-0.05, 0) is 31.2 Å². The number of rotatable bonds is 4. The minimum atomic E-state index is 0.129. The predicted octanol–water partition coefficient (Wildman–Crippen LogP) is 4.38. The molecule has 2 nitrogen and oxygen atoms in total. The van der Waals surface area contributed by atoms with E-state index in [4.69, 9.17) is 4.74 Å². The summed E-state index contributed by atoms with van der Waals surface area (Å²) < 4.78 is 5.72. The molecule has 0 unspecified atom stereocenters. The van der Waals surface area contributed by atoms with Crippen LogP contribution < -0.4 is 4.74 Å². The molecular weight excluding hydrogens is 224 g/mol. The van der Waals surface area contributed by atoms with Crippen LogP contribution in [0.5, 0.6) is 11.5 Å². The van der Waals surface area contributed by atoms with E-state index in [0.29, 0.717) is 17.7 Å². The summed E-state index contributed by atoms with van der Waals surface area (Å²) in [4.78, 5) is 11.6.